The second-order valence-electron chi connectivity index (χ2n) is 7.88. The zero-order valence-corrected chi connectivity index (χ0v) is 18.4. The molecule has 192 valence electrons. The number of carbonyl (C=O) groups is 1. The number of likely N-dealkylation sites (N-methyl/N-ethyl adjacent to an activating group) is 1. The molecule has 16 heteroatoms. The van der Waals surface area contributed by atoms with Crippen LogP contribution in [0, 0.1) is 0 Å². The molecule has 10 nitrogen and oxygen atoms in total. The number of aromatic amines is 1. The van der Waals surface area contributed by atoms with Crippen LogP contribution in [-0.4, -0.2) is 76.4 Å². The first-order valence-corrected chi connectivity index (χ1v) is 10.2. The number of alkyl halides is 6. The smallest absolute Gasteiger partial charge is 0.378 e. The van der Waals surface area contributed by atoms with Crippen LogP contribution in [-0.2, 0) is 21.9 Å². The van der Waals surface area contributed by atoms with Crippen LogP contribution in [0.1, 0.15) is 18.1 Å². The Morgan fingerprint density at radius 3 is 2.40 bits per heavy atom. The molecule has 0 aromatic carbocycles. The molecule has 35 heavy (non-hydrogen) atoms. The molecule has 1 saturated heterocycles. The van der Waals surface area contributed by atoms with E-state index < -0.39 is 46.7 Å². The maximum Gasteiger partial charge on any atom is 0.423 e. The third-order valence-electron chi connectivity index (χ3n) is 5.19. The van der Waals surface area contributed by atoms with Gasteiger partial charge in [-0.05, 0) is 6.92 Å². The van der Waals surface area contributed by atoms with Gasteiger partial charge in [-0.3, -0.25) is 9.59 Å². The van der Waals surface area contributed by atoms with E-state index in [1.165, 1.54) is 18.9 Å². The number of halogens is 6. The van der Waals surface area contributed by atoms with Crippen molar-refractivity contribution in [3.63, 3.8) is 0 Å². The minimum Gasteiger partial charge on any atom is -0.378 e. The van der Waals surface area contributed by atoms with Crippen molar-refractivity contribution in [3.8, 4) is 0 Å². The topological polar surface area (TPSA) is 116 Å². The Kier molecular flexibility index (Phi) is 7.52. The molecule has 1 aliphatic heterocycles. The number of H-pyrrole nitrogens is 1. The molecule has 0 radical (unpaired) electrons. The summed E-state index contributed by atoms with van der Waals surface area (Å²) >= 11 is 0. The second kappa shape index (κ2) is 10.1. The first-order valence-electron chi connectivity index (χ1n) is 10.2. The number of ether oxygens (including phenoxy) is 1. The van der Waals surface area contributed by atoms with E-state index >= 15 is 0 Å². The second-order valence-corrected chi connectivity index (χ2v) is 7.88. The van der Waals surface area contributed by atoms with Gasteiger partial charge in [0.25, 0.3) is 5.56 Å². The largest absolute Gasteiger partial charge is 0.423 e. The summed E-state index contributed by atoms with van der Waals surface area (Å²) in [6.07, 6.45) is -7.21. The average Bonchev–Trinajstić information content (AvgIpc) is 2.71. The molecule has 0 aliphatic carbocycles. The van der Waals surface area contributed by atoms with Crippen molar-refractivity contribution in [1.29, 1.82) is 0 Å². The molecule has 0 saturated carbocycles. The zero-order chi connectivity index (χ0) is 26.0. The Labute approximate surface area is 194 Å². The molecule has 1 aliphatic rings. The average molecular weight is 509 g/mol. The fourth-order valence-corrected chi connectivity index (χ4v) is 3.22. The van der Waals surface area contributed by atoms with Gasteiger partial charge in [-0.2, -0.15) is 31.4 Å². The maximum atomic E-state index is 13.1. The van der Waals surface area contributed by atoms with E-state index in [2.05, 4.69) is 20.4 Å². The van der Waals surface area contributed by atoms with Crippen LogP contribution >= 0.6 is 0 Å². The summed E-state index contributed by atoms with van der Waals surface area (Å²) < 4.78 is 82.4. The number of nitrogens with one attached hydrogen (secondary N) is 2. The standard InChI is InChI=1S/C19H21F6N7O3/c1-10(29-13-5-28-30-16(34)15(13)19(23,24)25)8-35-9-14(33)31(2)12-6-32(7-12)17-26-3-11(4-27-17)18(20,21)22/h3-5,10,12H,6-9H2,1-2H3,(H2,29,30,34). The van der Waals surface area contributed by atoms with E-state index in [1.54, 1.807) is 10.00 Å². The van der Waals surface area contributed by atoms with Gasteiger partial charge in [-0.1, -0.05) is 0 Å². The van der Waals surface area contributed by atoms with E-state index in [0.29, 0.717) is 25.5 Å². The lowest BCUT2D eigenvalue weighted by Crippen LogP contribution is -2.60. The van der Waals surface area contributed by atoms with Gasteiger partial charge in [0.05, 0.1) is 30.1 Å². The van der Waals surface area contributed by atoms with Gasteiger partial charge >= 0.3 is 12.4 Å². The van der Waals surface area contributed by atoms with E-state index in [0.717, 1.165) is 6.20 Å². The van der Waals surface area contributed by atoms with Gasteiger partial charge in [0.15, 0.2) is 0 Å². The lowest BCUT2D eigenvalue weighted by molar-refractivity contribution is -0.139. The van der Waals surface area contributed by atoms with Crippen molar-refractivity contribution in [3.05, 3.63) is 40.1 Å². The van der Waals surface area contributed by atoms with Gasteiger partial charge in [0.1, 0.15) is 12.2 Å². The summed E-state index contributed by atoms with van der Waals surface area (Å²) in [7, 11) is 1.53. The summed E-state index contributed by atoms with van der Waals surface area (Å²) in [5.74, 6) is -0.289. The molecule has 0 spiro atoms. The van der Waals surface area contributed by atoms with Gasteiger partial charge in [0, 0.05) is 38.6 Å². The summed E-state index contributed by atoms with van der Waals surface area (Å²) in [5, 5.41) is 7.59. The number of amides is 1. The molecule has 1 atom stereocenters. The highest BCUT2D eigenvalue weighted by molar-refractivity contribution is 5.78. The number of nitrogens with zero attached hydrogens (tertiary/aromatic N) is 5. The Morgan fingerprint density at radius 2 is 1.83 bits per heavy atom. The van der Waals surface area contributed by atoms with Crippen LogP contribution in [0.5, 0.6) is 0 Å². The van der Waals surface area contributed by atoms with Crippen LogP contribution in [0.3, 0.4) is 0 Å². The molecule has 2 N–H and O–H groups in total. The quantitative estimate of drug-likeness (QED) is 0.518. The van der Waals surface area contributed by atoms with Gasteiger partial charge in [-0.15, -0.1) is 0 Å². The molecule has 2 aromatic heterocycles. The number of hydrogen-bond donors (Lipinski definition) is 2. The Hall–Kier alpha value is -3.43. The Morgan fingerprint density at radius 1 is 1.20 bits per heavy atom. The van der Waals surface area contributed by atoms with E-state index in [9.17, 15) is 35.9 Å². The Balaban J connectivity index is 1.44. The molecule has 1 unspecified atom stereocenters. The fourth-order valence-electron chi connectivity index (χ4n) is 3.22. The van der Waals surface area contributed by atoms with E-state index in [4.69, 9.17) is 4.74 Å². The highest BCUT2D eigenvalue weighted by Crippen LogP contribution is 2.32. The molecule has 2 aromatic rings. The first-order chi connectivity index (χ1) is 16.3. The van der Waals surface area contributed by atoms with E-state index in [1.807, 2.05) is 0 Å². The van der Waals surface area contributed by atoms with Gasteiger partial charge in [0.2, 0.25) is 11.9 Å². The minimum atomic E-state index is -4.89. The number of rotatable bonds is 8. The molecule has 1 amide bonds. The SMILES string of the molecule is CC(COCC(=O)N(C)C1CN(c2ncc(C(F)(F)F)cn2)C1)Nc1cn[nH]c(=O)c1C(F)(F)F. The third kappa shape index (κ3) is 6.37. The number of hydrogen-bond acceptors (Lipinski definition) is 8. The molecule has 0 bridgehead atoms. The van der Waals surface area contributed by atoms with Crippen molar-refractivity contribution < 1.29 is 35.9 Å². The van der Waals surface area contributed by atoms with Crippen molar-refractivity contribution in [2.45, 2.75) is 31.4 Å². The highest BCUT2D eigenvalue weighted by atomic mass is 19.4. The summed E-state index contributed by atoms with van der Waals surface area (Å²) in [6, 6.07) is -0.933. The first kappa shape index (κ1) is 26.2. The molecule has 3 heterocycles. The monoisotopic (exact) mass is 509 g/mol. The van der Waals surface area contributed by atoms with Gasteiger partial charge < -0.3 is 19.9 Å². The molecular formula is C19H21F6N7O3. The fraction of sp³-hybridized carbons (Fsp3) is 0.526. The predicted molar refractivity (Wildman–Crippen MR) is 110 cm³/mol. The number of aromatic nitrogens is 4. The minimum absolute atomic E-state index is 0.110. The predicted octanol–water partition coefficient (Wildman–Crippen LogP) is 1.76. The zero-order valence-electron chi connectivity index (χ0n) is 18.4. The number of carbonyl (C=O) groups excluding carboxylic acids is 1. The lowest BCUT2D eigenvalue weighted by atomic mass is 10.1. The van der Waals surface area contributed by atoms with Crippen LogP contribution < -0.4 is 15.8 Å². The third-order valence-corrected chi connectivity index (χ3v) is 5.19. The summed E-state index contributed by atoms with van der Waals surface area (Å²) in [5.41, 5.74) is -4.28. The Bertz CT molecular complexity index is 1080. The number of anilines is 2. The highest BCUT2D eigenvalue weighted by Gasteiger charge is 2.38. The maximum absolute atomic E-state index is 13.1. The van der Waals surface area contributed by atoms with E-state index in [-0.39, 0.29) is 25.2 Å². The van der Waals surface area contributed by atoms with Crippen LogP contribution in [0.15, 0.2) is 23.4 Å². The summed E-state index contributed by atoms with van der Waals surface area (Å²) in [4.78, 5) is 34.3. The normalized spacial score (nSPS) is 15.5. The molecular weight excluding hydrogens is 488 g/mol. The summed E-state index contributed by atoms with van der Waals surface area (Å²) in [6.45, 7) is 1.63. The van der Waals surface area contributed by atoms with Crippen LogP contribution in [0.25, 0.3) is 0 Å². The van der Waals surface area contributed by atoms with Crippen molar-refractivity contribution in [2.24, 2.45) is 0 Å². The van der Waals surface area contributed by atoms with Gasteiger partial charge in [-0.25, -0.2) is 15.1 Å². The lowest BCUT2D eigenvalue weighted by Gasteiger charge is -2.43. The molecule has 3 rings (SSSR count). The molecule has 1 fully saturated rings. The van der Waals surface area contributed by atoms with Crippen LogP contribution in [0.4, 0.5) is 38.0 Å². The van der Waals surface area contributed by atoms with Crippen molar-refractivity contribution >= 4 is 17.5 Å². The van der Waals surface area contributed by atoms with Crippen LogP contribution in [0.2, 0.25) is 0 Å². The van der Waals surface area contributed by atoms with Crippen molar-refractivity contribution in [1.82, 2.24) is 25.1 Å². The van der Waals surface area contributed by atoms with Crippen molar-refractivity contribution in [2.75, 3.05) is 43.6 Å².